The monoisotopic (exact) mass is 318 g/mol. The summed E-state index contributed by atoms with van der Waals surface area (Å²) in [7, 11) is 1.54. The molecule has 1 aromatic heterocycles. The van der Waals surface area contributed by atoms with Gasteiger partial charge >= 0.3 is 5.97 Å². The molecule has 23 heavy (non-hydrogen) atoms. The lowest BCUT2D eigenvalue weighted by Gasteiger charge is -2.10. The second-order valence-corrected chi connectivity index (χ2v) is 4.59. The number of rotatable bonds is 7. The van der Waals surface area contributed by atoms with Gasteiger partial charge in [-0.3, -0.25) is 0 Å². The molecule has 0 unspecified atom stereocenters. The molecule has 0 spiro atoms. The average molecular weight is 318 g/mol. The quantitative estimate of drug-likeness (QED) is 0.725. The topological polar surface area (TPSA) is 83.7 Å². The third-order valence-electron chi connectivity index (χ3n) is 2.82. The van der Waals surface area contributed by atoms with Gasteiger partial charge in [-0.2, -0.15) is 4.98 Å². The van der Waals surface area contributed by atoms with E-state index in [1.54, 1.807) is 13.0 Å². The smallest absolute Gasteiger partial charge is 0.344 e. The molecule has 7 heteroatoms. The third-order valence-corrected chi connectivity index (χ3v) is 2.82. The summed E-state index contributed by atoms with van der Waals surface area (Å²) in [6.45, 7) is 3.28. The van der Waals surface area contributed by atoms with Crippen LogP contribution in [0.1, 0.15) is 24.2 Å². The highest BCUT2D eigenvalue weighted by molar-refractivity contribution is 5.71. The van der Waals surface area contributed by atoms with Gasteiger partial charge in [0, 0.05) is 0 Å². The van der Waals surface area contributed by atoms with Crippen LogP contribution in [-0.2, 0) is 16.1 Å². The summed E-state index contributed by atoms with van der Waals surface area (Å²) in [5.41, 5.74) is 0.978. The van der Waals surface area contributed by atoms with Crippen molar-refractivity contribution in [3.05, 3.63) is 41.6 Å². The molecule has 0 N–H and O–H groups in total. The van der Waals surface area contributed by atoms with E-state index in [1.807, 2.05) is 31.2 Å². The first-order chi connectivity index (χ1) is 11.1. The zero-order valence-corrected chi connectivity index (χ0v) is 13.2. The van der Waals surface area contributed by atoms with Crippen molar-refractivity contribution in [1.82, 2.24) is 10.1 Å². The van der Waals surface area contributed by atoms with E-state index in [-0.39, 0.29) is 19.1 Å². The minimum absolute atomic E-state index is 0.0829. The van der Waals surface area contributed by atoms with Gasteiger partial charge < -0.3 is 18.7 Å². The summed E-state index contributed by atoms with van der Waals surface area (Å²) in [5.74, 6) is 1.19. The van der Waals surface area contributed by atoms with E-state index in [0.717, 1.165) is 5.56 Å². The number of allylic oxidation sites excluding steroid dienone is 1. The molecule has 0 aliphatic rings. The molecule has 2 aromatic rings. The largest absolute Gasteiger partial charge is 0.493 e. The van der Waals surface area contributed by atoms with Crippen LogP contribution in [0.3, 0.4) is 0 Å². The van der Waals surface area contributed by atoms with Gasteiger partial charge in [0.1, 0.15) is 0 Å². The van der Waals surface area contributed by atoms with Crippen LogP contribution in [0.5, 0.6) is 11.5 Å². The van der Waals surface area contributed by atoms with Crippen LogP contribution < -0.4 is 9.47 Å². The van der Waals surface area contributed by atoms with Crippen LogP contribution in [0.4, 0.5) is 0 Å². The normalized spacial score (nSPS) is 10.7. The number of aryl methyl sites for hydroxylation is 1. The second-order valence-electron chi connectivity index (χ2n) is 4.59. The number of carbonyl (C=O) groups excluding carboxylic acids is 1. The second kappa shape index (κ2) is 7.98. The zero-order valence-electron chi connectivity index (χ0n) is 13.2. The van der Waals surface area contributed by atoms with Crippen molar-refractivity contribution < 1.29 is 23.5 Å². The van der Waals surface area contributed by atoms with Gasteiger partial charge in [-0.1, -0.05) is 23.4 Å². The Morgan fingerprint density at radius 1 is 1.35 bits per heavy atom. The summed E-state index contributed by atoms with van der Waals surface area (Å²) in [6, 6.07) is 5.43. The first-order valence-electron chi connectivity index (χ1n) is 7.00. The number of nitrogens with zero attached hydrogens (tertiary/aromatic N) is 2. The van der Waals surface area contributed by atoms with Crippen LogP contribution >= 0.6 is 0 Å². The van der Waals surface area contributed by atoms with Crippen molar-refractivity contribution >= 4 is 12.0 Å². The molecule has 1 aromatic carbocycles. The van der Waals surface area contributed by atoms with Crippen molar-refractivity contribution in [2.24, 2.45) is 0 Å². The number of hydrogen-bond acceptors (Lipinski definition) is 7. The first-order valence-corrected chi connectivity index (χ1v) is 7.00. The molecule has 0 fully saturated rings. The Kier molecular flexibility index (Phi) is 5.74. The Hall–Kier alpha value is -2.83. The molecule has 122 valence electrons. The SMILES string of the molecule is CC=Cc1ccc(OCC(=O)OCc2nc(C)no2)c(OC)c1. The van der Waals surface area contributed by atoms with Crippen LogP contribution in [0.2, 0.25) is 0 Å². The van der Waals surface area contributed by atoms with E-state index in [2.05, 4.69) is 10.1 Å². The number of methoxy groups -OCH3 is 1. The van der Waals surface area contributed by atoms with E-state index in [1.165, 1.54) is 7.11 Å². The number of carbonyl (C=O) groups is 1. The molecule has 0 radical (unpaired) electrons. The zero-order chi connectivity index (χ0) is 16.7. The molecule has 0 saturated carbocycles. The summed E-state index contributed by atoms with van der Waals surface area (Å²) < 4.78 is 20.5. The maximum absolute atomic E-state index is 11.7. The lowest BCUT2D eigenvalue weighted by atomic mass is 10.2. The highest BCUT2D eigenvalue weighted by Crippen LogP contribution is 2.28. The van der Waals surface area contributed by atoms with Gasteiger partial charge in [-0.25, -0.2) is 4.79 Å². The lowest BCUT2D eigenvalue weighted by Crippen LogP contribution is -2.15. The van der Waals surface area contributed by atoms with Crippen LogP contribution in [0.25, 0.3) is 6.08 Å². The van der Waals surface area contributed by atoms with E-state index >= 15 is 0 Å². The fourth-order valence-electron chi connectivity index (χ4n) is 1.82. The standard InChI is InChI=1S/C16H18N2O5/c1-4-5-12-6-7-13(14(8-12)20-3)21-10-16(19)22-9-15-17-11(2)18-23-15/h4-8H,9-10H2,1-3H3. The van der Waals surface area contributed by atoms with Gasteiger partial charge in [0.15, 0.2) is 30.5 Å². The van der Waals surface area contributed by atoms with Crippen LogP contribution in [0, 0.1) is 6.92 Å². The van der Waals surface area contributed by atoms with E-state index in [9.17, 15) is 4.79 Å². The molecule has 0 aliphatic heterocycles. The summed E-state index contributed by atoms with van der Waals surface area (Å²) in [6.07, 6.45) is 3.86. The van der Waals surface area contributed by atoms with Gasteiger partial charge in [0.2, 0.25) is 0 Å². The molecule has 1 heterocycles. The minimum Gasteiger partial charge on any atom is -0.493 e. The van der Waals surface area contributed by atoms with E-state index in [4.69, 9.17) is 18.7 Å². The Morgan fingerprint density at radius 2 is 2.17 bits per heavy atom. The molecule has 0 atom stereocenters. The predicted molar refractivity (Wildman–Crippen MR) is 82.0 cm³/mol. The van der Waals surface area contributed by atoms with Gasteiger partial charge in [-0.15, -0.1) is 0 Å². The van der Waals surface area contributed by atoms with Crippen LogP contribution in [-0.4, -0.2) is 29.8 Å². The summed E-state index contributed by atoms with van der Waals surface area (Å²) in [4.78, 5) is 15.6. The Bertz CT molecular complexity index is 694. The average Bonchev–Trinajstić information content (AvgIpc) is 2.97. The molecule has 0 bridgehead atoms. The number of esters is 1. The minimum atomic E-state index is -0.541. The van der Waals surface area contributed by atoms with Crippen molar-refractivity contribution in [3.63, 3.8) is 0 Å². The summed E-state index contributed by atoms with van der Waals surface area (Å²) in [5, 5.41) is 3.60. The van der Waals surface area contributed by atoms with Crippen LogP contribution in [0.15, 0.2) is 28.8 Å². The molecule has 2 rings (SSSR count). The lowest BCUT2D eigenvalue weighted by molar-refractivity contribution is -0.148. The molecule has 7 nitrogen and oxygen atoms in total. The van der Waals surface area contributed by atoms with Crippen molar-refractivity contribution in [2.75, 3.05) is 13.7 Å². The van der Waals surface area contributed by atoms with Gasteiger partial charge in [0.05, 0.1) is 7.11 Å². The predicted octanol–water partition coefficient (Wildman–Crippen LogP) is 2.54. The highest BCUT2D eigenvalue weighted by Gasteiger charge is 2.11. The Labute approximate surface area is 133 Å². The molecule has 0 saturated heterocycles. The van der Waals surface area contributed by atoms with Crippen molar-refractivity contribution in [2.45, 2.75) is 20.5 Å². The van der Waals surface area contributed by atoms with Gasteiger partial charge in [-0.05, 0) is 31.5 Å². The van der Waals surface area contributed by atoms with E-state index < -0.39 is 5.97 Å². The Morgan fingerprint density at radius 3 is 2.83 bits per heavy atom. The molecular formula is C16H18N2O5. The fourth-order valence-corrected chi connectivity index (χ4v) is 1.82. The summed E-state index contributed by atoms with van der Waals surface area (Å²) >= 11 is 0. The number of hydrogen-bond donors (Lipinski definition) is 0. The number of ether oxygens (including phenoxy) is 3. The third kappa shape index (κ3) is 4.84. The maximum Gasteiger partial charge on any atom is 0.344 e. The van der Waals surface area contributed by atoms with Crippen molar-refractivity contribution in [1.29, 1.82) is 0 Å². The first kappa shape index (κ1) is 16.5. The number of benzene rings is 1. The molecular weight excluding hydrogens is 300 g/mol. The van der Waals surface area contributed by atoms with Gasteiger partial charge in [0.25, 0.3) is 5.89 Å². The Balaban J connectivity index is 1.88. The molecule has 0 aliphatic carbocycles. The fraction of sp³-hybridized carbons (Fsp3) is 0.312. The highest BCUT2D eigenvalue weighted by atomic mass is 16.6. The maximum atomic E-state index is 11.7. The number of aromatic nitrogens is 2. The van der Waals surface area contributed by atoms with Crippen molar-refractivity contribution in [3.8, 4) is 11.5 Å². The van der Waals surface area contributed by atoms with E-state index in [0.29, 0.717) is 17.3 Å². The molecule has 0 amide bonds.